The fourth-order valence-corrected chi connectivity index (χ4v) is 2.13. The molecule has 0 atom stereocenters. The van der Waals surface area contributed by atoms with Gasteiger partial charge in [0.15, 0.2) is 0 Å². The summed E-state index contributed by atoms with van der Waals surface area (Å²) in [5.74, 6) is -2.44. The molecule has 0 unspecified atom stereocenters. The van der Waals surface area contributed by atoms with Gasteiger partial charge in [-0.15, -0.1) is 0 Å². The van der Waals surface area contributed by atoms with Crippen molar-refractivity contribution in [2.75, 3.05) is 7.05 Å². The SMILES string of the molecule is CNC(=O)Oc1ccccc1C(=O)OOC(=O)c1ccccc1OC(=O)OC(C)(C)C. The zero-order chi connectivity index (χ0) is 23.0. The number of carbonyl (C=O) groups is 4. The van der Waals surface area contributed by atoms with Gasteiger partial charge in [-0.2, -0.15) is 0 Å². The summed E-state index contributed by atoms with van der Waals surface area (Å²) in [5.41, 5.74) is -1.14. The minimum Gasteiger partial charge on any atom is -0.428 e. The van der Waals surface area contributed by atoms with Crippen molar-refractivity contribution in [1.82, 2.24) is 5.32 Å². The minimum absolute atomic E-state index is 0.100. The second kappa shape index (κ2) is 10.1. The van der Waals surface area contributed by atoms with Gasteiger partial charge in [-0.05, 0) is 45.0 Å². The van der Waals surface area contributed by atoms with Gasteiger partial charge >= 0.3 is 24.2 Å². The summed E-state index contributed by atoms with van der Waals surface area (Å²) in [7, 11) is 1.35. The zero-order valence-corrected chi connectivity index (χ0v) is 17.3. The molecule has 2 aromatic rings. The van der Waals surface area contributed by atoms with Crippen LogP contribution in [-0.2, 0) is 14.5 Å². The Morgan fingerprint density at radius 3 is 1.65 bits per heavy atom. The molecule has 10 heteroatoms. The van der Waals surface area contributed by atoms with Gasteiger partial charge in [0, 0.05) is 7.05 Å². The van der Waals surface area contributed by atoms with Gasteiger partial charge < -0.3 is 19.5 Å². The van der Waals surface area contributed by atoms with Gasteiger partial charge in [0.2, 0.25) is 0 Å². The quantitative estimate of drug-likeness (QED) is 0.334. The first kappa shape index (κ1) is 23.2. The summed E-state index contributed by atoms with van der Waals surface area (Å²) in [4.78, 5) is 57.0. The molecule has 0 radical (unpaired) electrons. The Hall–Kier alpha value is -4.08. The van der Waals surface area contributed by atoms with Crippen molar-refractivity contribution in [3.63, 3.8) is 0 Å². The molecule has 164 valence electrons. The Labute approximate surface area is 177 Å². The van der Waals surface area contributed by atoms with E-state index >= 15 is 0 Å². The molecule has 0 aromatic heterocycles. The summed E-state index contributed by atoms with van der Waals surface area (Å²) >= 11 is 0. The van der Waals surface area contributed by atoms with E-state index in [4.69, 9.17) is 14.2 Å². The van der Waals surface area contributed by atoms with E-state index in [1.807, 2.05) is 0 Å². The van der Waals surface area contributed by atoms with E-state index in [0.29, 0.717) is 0 Å². The molecular formula is C21H21NO9. The first-order valence-corrected chi connectivity index (χ1v) is 9.02. The van der Waals surface area contributed by atoms with E-state index in [0.717, 1.165) is 0 Å². The van der Waals surface area contributed by atoms with Crippen LogP contribution < -0.4 is 14.8 Å². The van der Waals surface area contributed by atoms with Crippen LogP contribution in [0.2, 0.25) is 0 Å². The lowest BCUT2D eigenvalue weighted by atomic mass is 10.2. The molecule has 1 amide bonds. The molecule has 10 nitrogen and oxygen atoms in total. The number of hydrogen-bond donors (Lipinski definition) is 1. The third kappa shape index (κ3) is 7.03. The maximum Gasteiger partial charge on any atom is 0.514 e. The highest BCUT2D eigenvalue weighted by molar-refractivity contribution is 5.96. The second-order valence-electron chi connectivity index (χ2n) is 6.94. The first-order valence-electron chi connectivity index (χ1n) is 9.02. The molecule has 0 saturated carbocycles. The van der Waals surface area contributed by atoms with E-state index in [9.17, 15) is 19.2 Å². The average Bonchev–Trinajstić information content (AvgIpc) is 2.71. The Morgan fingerprint density at radius 1 is 0.742 bits per heavy atom. The molecule has 0 spiro atoms. The lowest BCUT2D eigenvalue weighted by Gasteiger charge is -2.19. The smallest absolute Gasteiger partial charge is 0.428 e. The Kier molecular flexibility index (Phi) is 7.56. The molecular weight excluding hydrogens is 410 g/mol. The van der Waals surface area contributed by atoms with Crippen LogP contribution in [0.3, 0.4) is 0 Å². The van der Waals surface area contributed by atoms with E-state index in [-0.39, 0.29) is 22.6 Å². The highest BCUT2D eigenvalue weighted by Gasteiger charge is 2.24. The Balaban J connectivity index is 2.08. The van der Waals surface area contributed by atoms with E-state index in [1.54, 1.807) is 20.8 Å². The topological polar surface area (TPSA) is 126 Å². The van der Waals surface area contributed by atoms with Crippen LogP contribution in [0, 0.1) is 0 Å². The van der Waals surface area contributed by atoms with Crippen molar-refractivity contribution in [3.8, 4) is 11.5 Å². The highest BCUT2D eigenvalue weighted by Crippen LogP contribution is 2.22. The Bertz CT molecular complexity index is 979. The number of nitrogens with one attached hydrogen (secondary N) is 1. The van der Waals surface area contributed by atoms with Gasteiger partial charge in [-0.25, -0.2) is 29.0 Å². The van der Waals surface area contributed by atoms with Crippen LogP contribution in [0.15, 0.2) is 48.5 Å². The fraction of sp³-hybridized carbons (Fsp3) is 0.238. The predicted octanol–water partition coefficient (Wildman–Crippen LogP) is 3.65. The third-order valence-corrected chi connectivity index (χ3v) is 3.40. The molecule has 0 aliphatic heterocycles. The van der Waals surface area contributed by atoms with Crippen molar-refractivity contribution in [1.29, 1.82) is 0 Å². The predicted molar refractivity (Wildman–Crippen MR) is 106 cm³/mol. The van der Waals surface area contributed by atoms with Crippen molar-refractivity contribution in [2.24, 2.45) is 0 Å². The number of ether oxygens (including phenoxy) is 3. The number of benzene rings is 2. The molecule has 1 N–H and O–H groups in total. The molecule has 0 saturated heterocycles. The Morgan fingerprint density at radius 2 is 1.19 bits per heavy atom. The normalized spacial score (nSPS) is 10.5. The summed E-state index contributed by atoms with van der Waals surface area (Å²) in [5, 5.41) is 2.24. The van der Waals surface area contributed by atoms with Crippen LogP contribution in [0.5, 0.6) is 11.5 Å². The molecule has 0 aliphatic carbocycles. The molecule has 2 rings (SSSR count). The zero-order valence-electron chi connectivity index (χ0n) is 17.3. The molecule has 2 aromatic carbocycles. The first-order chi connectivity index (χ1) is 14.6. The van der Waals surface area contributed by atoms with Crippen LogP contribution in [0.1, 0.15) is 41.5 Å². The van der Waals surface area contributed by atoms with Gasteiger partial charge in [0.05, 0.1) is 0 Å². The number of rotatable bonds is 4. The fourth-order valence-electron chi connectivity index (χ4n) is 2.13. The third-order valence-electron chi connectivity index (χ3n) is 3.40. The van der Waals surface area contributed by atoms with Gasteiger partial charge in [0.25, 0.3) is 0 Å². The number of amides is 1. The lowest BCUT2D eigenvalue weighted by molar-refractivity contribution is -0.187. The van der Waals surface area contributed by atoms with Crippen molar-refractivity contribution >= 4 is 24.2 Å². The average molecular weight is 431 g/mol. The lowest BCUT2D eigenvalue weighted by Crippen LogP contribution is -2.26. The number of para-hydroxylation sites is 2. The van der Waals surface area contributed by atoms with Gasteiger partial charge in [-0.1, -0.05) is 24.3 Å². The maximum absolute atomic E-state index is 12.4. The molecule has 0 heterocycles. The van der Waals surface area contributed by atoms with Crippen LogP contribution >= 0.6 is 0 Å². The number of hydrogen-bond acceptors (Lipinski definition) is 9. The maximum atomic E-state index is 12.4. The molecule has 31 heavy (non-hydrogen) atoms. The van der Waals surface area contributed by atoms with Crippen molar-refractivity contribution in [2.45, 2.75) is 26.4 Å². The summed E-state index contributed by atoms with van der Waals surface area (Å²) in [6.45, 7) is 4.96. The van der Waals surface area contributed by atoms with Crippen LogP contribution in [0.25, 0.3) is 0 Å². The summed E-state index contributed by atoms with van der Waals surface area (Å²) in [6, 6.07) is 11.4. The summed E-state index contributed by atoms with van der Waals surface area (Å²) in [6.07, 6.45) is -1.82. The van der Waals surface area contributed by atoms with Crippen LogP contribution in [-0.4, -0.2) is 36.8 Å². The standard InChI is InChI=1S/C21H21NO9/c1-21(2,3)29-20(26)28-16-12-8-6-10-14(16)18(24)31-30-17(23)13-9-5-7-11-15(13)27-19(25)22-4/h5-12H,1-4H3,(H,22,25). The van der Waals surface area contributed by atoms with E-state index < -0.39 is 29.8 Å². The van der Waals surface area contributed by atoms with Gasteiger partial charge in [0.1, 0.15) is 28.2 Å². The molecule has 0 bridgehead atoms. The van der Waals surface area contributed by atoms with Crippen molar-refractivity contribution in [3.05, 3.63) is 59.7 Å². The van der Waals surface area contributed by atoms with E-state index in [2.05, 4.69) is 15.1 Å². The second-order valence-corrected chi connectivity index (χ2v) is 6.94. The monoisotopic (exact) mass is 431 g/mol. The minimum atomic E-state index is -1.10. The van der Waals surface area contributed by atoms with E-state index in [1.165, 1.54) is 55.6 Å². The van der Waals surface area contributed by atoms with Crippen molar-refractivity contribution < 1.29 is 43.2 Å². The van der Waals surface area contributed by atoms with Crippen LogP contribution in [0.4, 0.5) is 9.59 Å². The number of carbonyl (C=O) groups excluding carboxylic acids is 4. The highest BCUT2D eigenvalue weighted by atomic mass is 17.2. The van der Waals surface area contributed by atoms with Gasteiger partial charge in [-0.3, -0.25) is 0 Å². The largest absolute Gasteiger partial charge is 0.514 e. The molecule has 0 aliphatic rings. The summed E-state index contributed by atoms with van der Waals surface area (Å²) < 4.78 is 15.0. The molecule has 0 fully saturated rings.